The number of aryl methyl sites for hydroxylation is 1. The summed E-state index contributed by atoms with van der Waals surface area (Å²) >= 11 is 0. The van der Waals surface area contributed by atoms with Crippen LogP contribution in [0.4, 0.5) is 18.9 Å². The van der Waals surface area contributed by atoms with Crippen LogP contribution in [0.25, 0.3) is 0 Å². The highest BCUT2D eigenvalue weighted by Gasteiger charge is 2.68. The zero-order chi connectivity index (χ0) is 21.0. The quantitative estimate of drug-likeness (QED) is 0.834. The zero-order valence-electron chi connectivity index (χ0n) is 16.2. The molecule has 0 fully saturated rings. The van der Waals surface area contributed by atoms with E-state index < -0.39 is 11.8 Å². The fourth-order valence-corrected chi connectivity index (χ4v) is 3.93. The van der Waals surface area contributed by atoms with Gasteiger partial charge in [-0.05, 0) is 42.7 Å². The van der Waals surface area contributed by atoms with Gasteiger partial charge in [-0.1, -0.05) is 32.0 Å². The van der Waals surface area contributed by atoms with Crippen molar-refractivity contribution in [1.82, 2.24) is 0 Å². The van der Waals surface area contributed by atoms with Crippen LogP contribution in [0.15, 0.2) is 42.5 Å². The number of nitrogens with zero attached hydrogens (tertiary/aromatic N) is 1. The summed E-state index contributed by atoms with van der Waals surface area (Å²) in [6, 6.07) is 12.0. The van der Waals surface area contributed by atoms with Crippen molar-refractivity contribution in [1.29, 1.82) is 0 Å². The normalized spacial score (nSPS) is 23.3. The molecule has 4 rings (SSSR count). The number of hydrogen-bond acceptors (Lipinski definition) is 3. The van der Waals surface area contributed by atoms with Gasteiger partial charge in [-0.25, -0.2) is 0 Å². The number of fused-ring (bicyclic) bond motifs is 2. The van der Waals surface area contributed by atoms with E-state index in [0.29, 0.717) is 29.8 Å². The summed E-state index contributed by atoms with van der Waals surface area (Å²) in [5, 5.41) is 10.1. The van der Waals surface area contributed by atoms with Gasteiger partial charge < -0.3 is 14.7 Å². The van der Waals surface area contributed by atoms with Crippen molar-refractivity contribution in [2.45, 2.75) is 44.6 Å². The maximum Gasteiger partial charge on any atom is 0.425 e. The molecule has 0 saturated carbocycles. The number of alkyl halides is 3. The molecule has 1 aliphatic heterocycles. The third kappa shape index (κ3) is 3.27. The number of rotatable bonds is 3. The van der Waals surface area contributed by atoms with Gasteiger partial charge in [-0.15, -0.1) is 0 Å². The fourth-order valence-electron chi connectivity index (χ4n) is 3.93. The van der Waals surface area contributed by atoms with Crippen LogP contribution in [0.1, 0.15) is 37.0 Å². The number of benzene rings is 2. The predicted octanol–water partition coefficient (Wildman–Crippen LogP) is 4.18. The molecule has 154 valence electrons. The average molecular weight is 405 g/mol. The first-order valence-electron chi connectivity index (χ1n) is 9.63. The Balaban J connectivity index is 1.68. The third-order valence-electron chi connectivity index (χ3n) is 5.56. The van der Waals surface area contributed by atoms with E-state index in [-0.39, 0.29) is 35.6 Å². The lowest BCUT2D eigenvalue weighted by Crippen LogP contribution is -2.41. The molecule has 1 heterocycles. The minimum Gasteiger partial charge on any atom is -0.489 e. The number of aliphatic hydroxyl groups is 1. The van der Waals surface area contributed by atoms with Gasteiger partial charge in [0.05, 0.1) is 6.54 Å². The van der Waals surface area contributed by atoms with Crippen molar-refractivity contribution >= 4 is 11.6 Å². The third-order valence-corrected chi connectivity index (χ3v) is 5.56. The SMILES string of the molecule is CC(C)C(=O)N1C[C@H](Oc2ccccc2)CCc2cc3c(cc21)C3(O)C(F)(F)F. The summed E-state index contributed by atoms with van der Waals surface area (Å²) in [6.45, 7) is 3.74. The van der Waals surface area contributed by atoms with Crippen LogP contribution >= 0.6 is 0 Å². The van der Waals surface area contributed by atoms with Gasteiger partial charge in [0.2, 0.25) is 11.5 Å². The molecule has 1 aliphatic carbocycles. The molecule has 0 bridgehead atoms. The molecule has 29 heavy (non-hydrogen) atoms. The van der Waals surface area contributed by atoms with E-state index in [1.165, 1.54) is 17.0 Å². The lowest BCUT2D eigenvalue weighted by molar-refractivity contribution is -0.228. The van der Waals surface area contributed by atoms with Crippen LogP contribution in [-0.2, 0) is 16.8 Å². The molecule has 1 N–H and O–H groups in total. The number of carbonyl (C=O) groups excluding carboxylic acids is 1. The monoisotopic (exact) mass is 405 g/mol. The molecule has 2 aromatic carbocycles. The highest BCUT2D eigenvalue weighted by Crippen LogP contribution is 2.59. The smallest absolute Gasteiger partial charge is 0.425 e. The number of halogens is 3. The van der Waals surface area contributed by atoms with E-state index >= 15 is 0 Å². The van der Waals surface area contributed by atoms with Crippen LogP contribution in [-0.4, -0.2) is 29.8 Å². The Morgan fingerprint density at radius 1 is 1.21 bits per heavy atom. The number of para-hydroxylation sites is 1. The van der Waals surface area contributed by atoms with Crippen molar-refractivity contribution in [3.8, 4) is 5.75 Å². The van der Waals surface area contributed by atoms with Crippen molar-refractivity contribution in [3.05, 3.63) is 59.2 Å². The van der Waals surface area contributed by atoms with Gasteiger partial charge in [-0.2, -0.15) is 13.2 Å². The molecule has 0 saturated heterocycles. The number of anilines is 1. The van der Waals surface area contributed by atoms with Crippen LogP contribution < -0.4 is 9.64 Å². The molecule has 4 nitrogen and oxygen atoms in total. The van der Waals surface area contributed by atoms with Crippen molar-refractivity contribution in [3.63, 3.8) is 0 Å². The highest BCUT2D eigenvalue weighted by molar-refractivity contribution is 5.96. The topological polar surface area (TPSA) is 49.8 Å². The second-order valence-corrected chi connectivity index (χ2v) is 7.93. The molecule has 0 radical (unpaired) electrons. The van der Waals surface area contributed by atoms with Gasteiger partial charge in [0.25, 0.3) is 0 Å². The standard InChI is InChI=1S/C22H22F3NO3/c1-13(2)20(27)26-12-16(29-15-6-4-3-5-7-15)9-8-14-10-17-18(11-19(14)26)21(17,28)22(23,24)25/h3-7,10-11,13,16,28H,8-9,12H2,1-2H3/t16-,21?/m1/s1. The van der Waals surface area contributed by atoms with E-state index in [9.17, 15) is 23.1 Å². The Hall–Kier alpha value is -2.54. The predicted molar refractivity (Wildman–Crippen MR) is 102 cm³/mol. The molecule has 2 aromatic rings. The Bertz CT molecular complexity index is 942. The Kier molecular flexibility index (Phi) is 4.61. The Labute approximate surface area is 166 Å². The first-order chi connectivity index (χ1) is 13.6. The number of carbonyl (C=O) groups is 1. The van der Waals surface area contributed by atoms with Crippen LogP contribution in [0.5, 0.6) is 5.75 Å². The van der Waals surface area contributed by atoms with E-state index in [1.807, 2.05) is 30.3 Å². The number of hydrogen-bond donors (Lipinski definition) is 1. The molecule has 0 aromatic heterocycles. The zero-order valence-corrected chi connectivity index (χ0v) is 16.2. The van der Waals surface area contributed by atoms with Crippen molar-refractivity contribution < 1.29 is 27.8 Å². The van der Waals surface area contributed by atoms with E-state index in [0.717, 1.165) is 0 Å². The highest BCUT2D eigenvalue weighted by atomic mass is 19.4. The fraction of sp³-hybridized carbons (Fsp3) is 0.409. The van der Waals surface area contributed by atoms with E-state index in [1.54, 1.807) is 13.8 Å². The maximum atomic E-state index is 13.3. The molecule has 1 amide bonds. The number of ether oxygens (including phenoxy) is 1. The lowest BCUT2D eigenvalue weighted by Gasteiger charge is -2.28. The summed E-state index contributed by atoms with van der Waals surface area (Å²) in [5.74, 6) is 0.162. The molecule has 7 heteroatoms. The van der Waals surface area contributed by atoms with Gasteiger partial charge in [0.15, 0.2) is 0 Å². The second kappa shape index (κ2) is 6.76. The summed E-state index contributed by atoms with van der Waals surface area (Å²) in [7, 11) is 0. The average Bonchev–Trinajstić information content (AvgIpc) is 3.32. The van der Waals surface area contributed by atoms with Gasteiger partial charge in [-0.3, -0.25) is 4.79 Å². The van der Waals surface area contributed by atoms with Gasteiger partial charge in [0, 0.05) is 22.7 Å². The minimum absolute atomic E-state index is 0.122. The molecular formula is C22H22F3NO3. The number of amides is 1. The second-order valence-electron chi connectivity index (χ2n) is 7.93. The minimum atomic E-state index is -4.78. The first kappa shape index (κ1) is 19.8. The summed E-state index contributed by atoms with van der Waals surface area (Å²) in [4.78, 5) is 14.4. The largest absolute Gasteiger partial charge is 0.489 e. The van der Waals surface area contributed by atoms with Crippen molar-refractivity contribution in [2.24, 2.45) is 5.92 Å². The van der Waals surface area contributed by atoms with E-state index in [4.69, 9.17) is 4.74 Å². The van der Waals surface area contributed by atoms with Crippen LogP contribution in [0.2, 0.25) is 0 Å². The summed E-state index contributed by atoms with van der Waals surface area (Å²) < 4.78 is 46.0. The van der Waals surface area contributed by atoms with Crippen molar-refractivity contribution in [2.75, 3.05) is 11.4 Å². The molecule has 2 aliphatic rings. The van der Waals surface area contributed by atoms with E-state index in [2.05, 4.69) is 0 Å². The molecular weight excluding hydrogens is 383 g/mol. The maximum absolute atomic E-state index is 13.3. The Morgan fingerprint density at radius 3 is 2.48 bits per heavy atom. The Morgan fingerprint density at radius 2 is 1.86 bits per heavy atom. The van der Waals surface area contributed by atoms with Gasteiger partial charge in [0.1, 0.15) is 11.9 Å². The van der Waals surface area contributed by atoms with Gasteiger partial charge >= 0.3 is 6.18 Å². The summed E-state index contributed by atoms with van der Waals surface area (Å²) in [6.07, 6.45) is -4.07. The first-order valence-corrected chi connectivity index (χ1v) is 9.63. The lowest BCUT2D eigenvalue weighted by atomic mass is 10.1. The molecule has 1 unspecified atom stereocenters. The van der Waals surface area contributed by atoms with Crippen LogP contribution in [0.3, 0.4) is 0 Å². The summed E-state index contributed by atoms with van der Waals surface area (Å²) in [5.41, 5.74) is -2.14. The molecule has 2 atom stereocenters. The molecule has 0 spiro atoms. The van der Waals surface area contributed by atoms with Crippen LogP contribution in [0, 0.1) is 5.92 Å².